The van der Waals surface area contributed by atoms with E-state index in [1.54, 1.807) is 25.3 Å². The summed E-state index contributed by atoms with van der Waals surface area (Å²) in [6.07, 6.45) is 1.24. The second kappa shape index (κ2) is 12.3. The maximum absolute atomic E-state index is 13.8. The van der Waals surface area contributed by atoms with Gasteiger partial charge in [-0.1, -0.05) is 6.07 Å². The van der Waals surface area contributed by atoms with Crippen molar-refractivity contribution in [3.63, 3.8) is 0 Å². The number of nitrogens with one attached hydrogen (secondary N) is 3. The molecular formula is C25H27F2N7O4. The van der Waals surface area contributed by atoms with Gasteiger partial charge in [0.05, 0.1) is 36.7 Å². The maximum Gasteiger partial charge on any atom is 0.230 e. The van der Waals surface area contributed by atoms with E-state index in [9.17, 15) is 13.6 Å². The first kappa shape index (κ1) is 26.7. The Labute approximate surface area is 216 Å². The van der Waals surface area contributed by atoms with Gasteiger partial charge in [-0.25, -0.2) is 18.7 Å². The molecule has 0 aliphatic heterocycles. The number of ether oxygens (including phenoxy) is 2. The zero-order valence-electron chi connectivity index (χ0n) is 20.8. The number of anilines is 3. The molecule has 0 atom stereocenters. The number of amides is 1. The minimum atomic E-state index is -1.13. The Morgan fingerprint density at radius 2 is 2.03 bits per heavy atom. The number of halogens is 2. The van der Waals surface area contributed by atoms with E-state index in [-0.39, 0.29) is 18.7 Å². The highest BCUT2D eigenvalue weighted by atomic mass is 19.2. The third-order valence-electron chi connectivity index (χ3n) is 5.58. The molecule has 13 heteroatoms. The molecule has 0 unspecified atom stereocenters. The van der Waals surface area contributed by atoms with Crippen LogP contribution in [-0.4, -0.2) is 76.5 Å². The molecule has 11 nitrogen and oxygen atoms in total. The Morgan fingerprint density at radius 1 is 1.18 bits per heavy atom. The van der Waals surface area contributed by atoms with Gasteiger partial charge in [-0.15, -0.1) is 0 Å². The molecule has 4 aromatic rings. The van der Waals surface area contributed by atoms with Gasteiger partial charge < -0.3 is 30.1 Å². The van der Waals surface area contributed by atoms with E-state index in [0.29, 0.717) is 59.4 Å². The van der Waals surface area contributed by atoms with Crippen LogP contribution in [0.1, 0.15) is 5.69 Å². The third kappa shape index (κ3) is 6.49. The summed E-state index contributed by atoms with van der Waals surface area (Å²) in [5.74, 6) is -0.888. The van der Waals surface area contributed by atoms with Gasteiger partial charge in [0, 0.05) is 37.0 Å². The maximum atomic E-state index is 13.8. The second-order valence-electron chi connectivity index (χ2n) is 8.35. The molecule has 200 valence electrons. The first-order chi connectivity index (χ1) is 18.4. The monoisotopic (exact) mass is 527 g/mol. The number of aliphatic hydroxyl groups excluding tert-OH is 1. The molecule has 0 bridgehead atoms. The van der Waals surface area contributed by atoms with Crippen LogP contribution in [0, 0.1) is 11.6 Å². The molecule has 2 aromatic carbocycles. The lowest BCUT2D eigenvalue weighted by Gasteiger charge is -2.17. The van der Waals surface area contributed by atoms with Gasteiger partial charge in [-0.3, -0.25) is 9.89 Å². The number of hydrogen-bond donors (Lipinski definition) is 4. The van der Waals surface area contributed by atoms with E-state index in [0.717, 1.165) is 6.07 Å². The first-order valence-electron chi connectivity index (χ1n) is 11.7. The average molecular weight is 528 g/mol. The summed E-state index contributed by atoms with van der Waals surface area (Å²) in [5.41, 5.74) is 0.767. The van der Waals surface area contributed by atoms with Crippen LogP contribution < -0.4 is 20.1 Å². The number of aromatic amines is 1. The van der Waals surface area contributed by atoms with Gasteiger partial charge in [-0.05, 0) is 19.2 Å². The van der Waals surface area contributed by atoms with E-state index in [2.05, 4.69) is 30.8 Å². The zero-order chi connectivity index (χ0) is 27.1. The van der Waals surface area contributed by atoms with Crippen molar-refractivity contribution in [2.75, 3.05) is 51.1 Å². The van der Waals surface area contributed by atoms with E-state index in [1.807, 2.05) is 11.9 Å². The topological polar surface area (TPSA) is 138 Å². The SMILES string of the molecule is COc1cc(OCCN(C)CCO)c2c(Nc3cc(CC(=O)Nc4cccc(F)c4F)[nH]n3)ncnc2c1. The fourth-order valence-corrected chi connectivity index (χ4v) is 3.66. The van der Waals surface area contributed by atoms with Crippen LogP contribution in [0.3, 0.4) is 0 Å². The highest BCUT2D eigenvalue weighted by molar-refractivity contribution is 5.96. The van der Waals surface area contributed by atoms with Crippen molar-refractivity contribution in [3.8, 4) is 11.5 Å². The Balaban J connectivity index is 1.50. The van der Waals surface area contributed by atoms with Gasteiger partial charge >= 0.3 is 0 Å². The smallest absolute Gasteiger partial charge is 0.230 e. The molecule has 0 spiro atoms. The van der Waals surface area contributed by atoms with E-state index in [1.165, 1.54) is 18.5 Å². The molecule has 0 radical (unpaired) electrons. The molecule has 0 saturated heterocycles. The number of rotatable bonds is 12. The molecule has 0 saturated carbocycles. The van der Waals surface area contributed by atoms with Crippen LogP contribution in [0.15, 0.2) is 42.7 Å². The quantitative estimate of drug-likeness (QED) is 0.219. The summed E-state index contributed by atoms with van der Waals surface area (Å²) < 4.78 is 38.6. The van der Waals surface area contributed by atoms with Crippen LogP contribution in [0.25, 0.3) is 10.9 Å². The lowest BCUT2D eigenvalue weighted by atomic mass is 10.2. The number of aromatic nitrogens is 4. The molecule has 2 heterocycles. The van der Waals surface area contributed by atoms with Gasteiger partial charge in [0.2, 0.25) is 5.91 Å². The molecule has 2 aromatic heterocycles. The van der Waals surface area contributed by atoms with Gasteiger partial charge in [0.1, 0.15) is 30.3 Å². The summed E-state index contributed by atoms with van der Waals surface area (Å²) >= 11 is 0. The summed E-state index contributed by atoms with van der Waals surface area (Å²) in [6.45, 7) is 1.50. The average Bonchev–Trinajstić information content (AvgIpc) is 3.33. The highest BCUT2D eigenvalue weighted by Crippen LogP contribution is 2.35. The lowest BCUT2D eigenvalue weighted by Crippen LogP contribution is -2.27. The summed E-state index contributed by atoms with van der Waals surface area (Å²) in [6, 6.07) is 8.63. The highest BCUT2D eigenvalue weighted by Gasteiger charge is 2.16. The Kier molecular flexibility index (Phi) is 8.61. The largest absolute Gasteiger partial charge is 0.497 e. The van der Waals surface area contributed by atoms with Crippen molar-refractivity contribution in [3.05, 3.63) is 60.1 Å². The van der Waals surface area contributed by atoms with E-state index >= 15 is 0 Å². The number of carbonyl (C=O) groups is 1. The Morgan fingerprint density at radius 3 is 2.82 bits per heavy atom. The number of likely N-dealkylation sites (N-methyl/N-ethyl adjacent to an activating group) is 1. The Bertz CT molecular complexity index is 1420. The number of carbonyl (C=O) groups excluding carboxylic acids is 1. The van der Waals surface area contributed by atoms with Crippen LogP contribution in [-0.2, 0) is 11.2 Å². The van der Waals surface area contributed by atoms with Crippen LogP contribution in [0.4, 0.5) is 26.1 Å². The summed E-state index contributed by atoms with van der Waals surface area (Å²) in [5, 5.41) is 22.1. The van der Waals surface area contributed by atoms with Gasteiger partial charge in [0.15, 0.2) is 17.5 Å². The fraction of sp³-hybridized carbons (Fsp3) is 0.280. The zero-order valence-corrected chi connectivity index (χ0v) is 20.8. The van der Waals surface area contributed by atoms with Gasteiger partial charge in [0.25, 0.3) is 0 Å². The van der Waals surface area contributed by atoms with Crippen molar-refractivity contribution in [2.24, 2.45) is 0 Å². The molecule has 0 fully saturated rings. The normalized spacial score (nSPS) is 11.1. The minimum Gasteiger partial charge on any atom is -0.497 e. The van der Waals surface area contributed by atoms with E-state index in [4.69, 9.17) is 14.6 Å². The van der Waals surface area contributed by atoms with Crippen molar-refractivity contribution in [2.45, 2.75) is 6.42 Å². The van der Waals surface area contributed by atoms with Crippen molar-refractivity contribution in [1.82, 2.24) is 25.1 Å². The number of fused-ring (bicyclic) bond motifs is 1. The number of nitrogens with zero attached hydrogens (tertiary/aromatic N) is 4. The number of H-pyrrole nitrogens is 1. The second-order valence-corrected chi connectivity index (χ2v) is 8.35. The first-order valence-corrected chi connectivity index (χ1v) is 11.7. The van der Waals surface area contributed by atoms with Crippen molar-refractivity contribution < 1.29 is 28.2 Å². The third-order valence-corrected chi connectivity index (χ3v) is 5.58. The molecule has 4 rings (SSSR count). The molecule has 0 aliphatic carbocycles. The van der Waals surface area contributed by atoms with Crippen LogP contribution >= 0.6 is 0 Å². The van der Waals surface area contributed by atoms with Gasteiger partial charge in [-0.2, -0.15) is 5.10 Å². The summed E-state index contributed by atoms with van der Waals surface area (Å²) in [4.78, 5) is 22.9. The molecular weight excluding hydrogens is 500 g/mol. The predicted octanol–water partition coefficient (Wildman–Crippen LogP) is 2.87. The van der Waals surface area contributed by atoms with Crippen molar-refractivity contribution in [1.29, 1.82) is 0 Å². The summed E-state index contributed by atoms with van der Waals surface area (Å²) in [7, 11) is 3.42. The number of methoxy groups -OCH3 is 1. The number of hydrogen-bond acceptors (Lipinski definition) is 9. The molecule has 4 N–H and O–H groups in total. The minimum absolute atomic E-state index is 0.0511. The number of aliphatic hydroxyl groups is 1. The van der Waals surface area contributed by atoms with Crippen LogP contribution in [0.5, 0.6) is 11.5 Å². The number of benzene rings is 2. The predicted molar refractivity (Wildman–Crippen MR) is 137 cm³/mol. The van der Waals surface area contributed by atoms with E-state index < -0.39 is 17.5 Å². The van der Waals surface area contributed by atoms with Crippen LogP contribution in [0.2, 0.25) is 0 Å². The molecule has 1 amide bonds. The fourth-order valence-electron chi connectivity index (χ4n) is 3.66. The standard InChI is InChI=1S/C25H27F2N7O4/c1-34(6-8-35)7-9-38-20-13-16(37-2)12-19-23(20)25(29-14-28-19)31-21-10-15(32-33-21)11-22(36)30-18-5-3-4-17(26)24(18)27/h3-5,10,12-14,35H,6-9,11H2,1-2H3,(H,30,36)(H2,28,29,31,32,33). The molecule has 0 aliphatic rings. The lowest BCUT2D eigenvalue weighted by molar-refractivity contribution is -0.115. The molecule has 38 heavy (non-hydrogen) atoms. The van der Waals surface area contributed by atoms with Crippen molar-refractivity contribution >= 4 is 34.1 Å². The Hall–Kier alpha value is -4.36.